The van der Waals surface area contributed by atoms with E-state index in [4.69, 9.17) is 9.26 Å². The molecule has 9 heteroatoms. The number of ether oxygens (including phenoxy) is 1. The Morgan fingerprint density at radius 3 is 2.95 bits per heavy atom. The van der Waals surface area contributed by atoms with E-state index >= 15 is 0 Å². The fourth-order valence-corrected chi connectivity index (χ4v) is 3.29. The molecular weight excluding hydrogens is 322 g/mol. The Morgan fingerprint density at radius 1 is 1.32 bits per heavy atom. The van der Waals surface area contributed by atoms with E-state index in [1.54, 1.807) is 7.11 Å². The standard InChI is InChI=1S/C13H13N5O2S2/c1-14-12-16-17-13(22-12)21-7-10-15-11(18-20-10)8-5-3-4-6-9(8)19-2/h3-6H,7H2,1-2H3,(H,14,16). The third-order valence-electron chi connectivity index (χ3n) is 2.76. The number of para-hydroxylation sites is 1. The average molecular weight is 335 g/mol. The monoisotopic (exact) mass is 335 g/mol. The number of aromatic nitrogens is 4. The molecule has 1 N–H and O–H groups in total. The molecule has 0 radical (unpaired) electrons. The van der Waals surface area contributed by atoms with Crippen LogP contribution < -0.4 is 10.1 Å². The minimum absolute atomic E-state index is 0.515. The number of thioether (sulfide) groups is 1. The van der Waals surface area contributed by atoms with Gasteiger partial charge in [0.25, 0.3) is 0 Å². The average Bonchev–Trinajstić information content (AvgIpc) is 3.22. The molecule has 0 aliphatic carbocycles. The molecule has 7 nitrogen and oxygen atoms in total. The minimum Gasteiger partial charge on any atom is -0.496 e. The van der Waals surface area contributed by atoms with Crippen LogP contribution in [0.3, 0.4) is 0 Å². The Labute approximate surface area is 135 Å². The number of hydrogen-bond donors (Lipinski definition) is 1. The van der Waals surface area contributed by atoms with Crippen LogP contribution in [0.4, 0.5) is 5.13 Å². The summed E-state index contributed by atoms with van der Waals surface area (Å²) in [4.78, 5) is 4.39. The molecule has 2 heterocycles. The summed E-state index contributed by atoms with van der Waals surface area (Å²) in [5.74, 6) is 2.30. The lowest BCUT2D eigenvalue weighted by molar-refractivity contribution is 0.390. The lowest BCUT2D eigenvalue weighted by Gasteiger charge is -2.02. The highest BCUT2D eigenvalue weighted by molar-refractivity contribution is 8.00. The number of benzene rings is 1. The van der Waals surface area contributed by atoms with Crippen molar-refractivity contribution in [1.29, 1.82) is 0 Å². The topological polar surface area (TPSA) is 86.0 Å². The lowest BCUT2D eigenvalue weighted by atomic mass is 10.2. The summed E-state index contributed by atoms with van der Waals surface area (Å²) >= 11 is 2.99. The van der Waals surface area contributed by atoms with Gasteiger partial charge >= 0.3 is 0 Å². The van der Waals surface area contributed by atoms with E-state index in [2.05, 4.69) is 25.7 Å². The third kappa shape index (κ3) is 3.20. The van der Waals surface area contributed by atoms with Gasteiger partial charge in [0.1, 0.15) is 5.75 Å². The summed E-state index contributed by atoms with van der Waals surface area (Å²) in [6.07, 6.45) is 0. The van der Waals surface area contributed by atoms with Crippen molar-refractivity contribution in [1.82, 2.24) is 20.3 Å². The first kappa shape index (κ1) is 14.8. The van der Waals surface area contributed by atoms with Crippen LogP contribution >= 0.6 is 23.1 Å². The summed E-state index contributed by atoms with van der Waals surface area (Å²) in [5, 5.41) is 15.8. The highest BCUT2D eigenvalue weighted by Gasteiger charge is 2.13. The van der Waals surface area contributed by atoms with E-state index < -0.39 is 0 Å². The zero-order valence-corrected chi connectivity index (χ0v) is 13.6. The van der Waals surface area contributed by atoms with Gasteiger partial charge in [-0.2, -0.15) is 4.98 Å². The van der Waals surface area contributed by atoms with Gasteiger partial charge in [0.05, 0.1) is 18.4 Å². The van der Waals surface area contributed by atoms with Crippen LogP contribution in [0.2, 0.25) is 0 Å². The van der Waals surface area contributed by atoms with E-state index in [0.29, 0.717) is 23.2 Å². The Morgan fingerprint density at radius 2 is 2.18 bits per heavy atom. The van der Waals surface area contributed by atoms with Gasteiger partial charge in [-0.15, -0.1) is 10.2 Å². The Bertz CT molecular complexity index is 758. The SMILES string of the molecule is CNc1nnc(SCc2nc(-c3ccccc3OC)no2)s1. The summed E-state index contributed by atoms with van der Waals surface area (Å²) in [6.45, 7) is 0. The van der Waals surface area contributed by atoms with Gasteiger partial charge < -0.3 is 14.6 Å². The normalized spacial score (nSPS) is 10.6. The molecule has 114 valence electrons. The van der Waals surface area contributed by atoms with E-state index in [9.17, 15) is 0 Å². The van der Waals surface area contributed by atoms with Crippen LogP contribution in [0.1, 0.15) is 5.89 Å². The molecule has 0 unspecified atom stereocenters. The van der Waals surface area contributed by atoms with Crippen LogP contribution in [-0.2, 0) is 5.75 Å². The molecule has 0 saturated heterocycles. The smallest absolute Gasteiger partial charge is 0.237 e. The second-order valence-corrected chi connectivity index (χ2v) is 6.32. The molecule has 0 fully saturated rings. The molecule has 22 heavy (non-hydrogen) atoms. The third-order valence-corrected chi connectivity index (χ3v) is 4.81. The largest absolute Gasteiger partial charge is 0.496 e. The molecule has 0 aliphatic heterocycles. The van der Waals surface area contributed by atoms with Gasteiger partial charge in [-0.1, -0.05) is 40.4 Å². The van der Waals surface area contributed by atoms with Gasteiger partial charge in [0.2, 0.25) is 16.8 Å². The van der Waals surface area contributed by atoms with Gasteiger partial charge in [-0.25, -0.2) is 0 Å². The molecule has 0 saturated carbocycles. The Balaban J connectivity index is 1.71. The first-order chi connectivity index (χ1) is 10.8. The zero-order valence-electron chi connectivity index (χ0n) is 11.9. The van der Waals surface area contributed by atoms with E-state index in [1.807, 2.05) is 31.3 Å². The van der Waals surface area contributed by atoms with E-state index in [-0.39, 0.29) is 0 Å². The summed E-state index contributed by atoms with van der Waals surface area (Å²) in [6, 6.07) is 7.56. The summed E-state index contributed by atoms with van der Waals surface area (Å²) in [7, 11) is 3.43. The van der Waals surface area contributed by atoms with Crippen LogP contribution in [0.15, 0.2) is 33.1 Å². The molecule has 1 aromatic carbocycles. The number of methoxy groups -OCH3 is 1. The second kappa shape index (κ2) is 6.75. The van der Waals surface area contributed by atoms with Crippen molar-refractivity contribution in [3.63, 3.8) is 0 Å². The van der Waals surface area contributed by atoms with Crippen LogP contribution in [0.25, 0.3) is 11.4 Å². The lowest BCUT2D eigenvalue weighted by Crippen LogP contribution is -1.89. The number of nitrogens with one attached hydrogen (secondary N) is 1. The molecule has 3 aromatic rings. The number of rotatable bonds is 6. The van der Waals surface area contributed by atoms with Crippen LogP contribution in [-0.4, -0.2) is 34.5 Å². The minimum atomic E-state index is 0.515. The Kier molecular flexibility index (Phi) is 4.54. The highest BCUT2D eigenvalue weighted by atomic mass is 32.2. The maximum atomic E-state index is 5.30. The molecule has 0 amide bonds. The van der Waals surface area contributed by atoms with Crippen LogP contribution in [0.5, 0.6) is 5.75 Å². The fraction of sp³-hybridized carbons (Fsp3) is 0.231. The van der Waals surface area contributed by atoms with Crippen molar-refractivity contribution in [3.8, 4) is 17.1 Å². The maximum Gasteiger partial charge on any atom is 0.237 e. The molecule has 2 aromatic heterocycles. The summed E-state index contributed by atoms with van der Waals surface area (Å²) in [5.41, 5.74) is 0.804. The van der Waals surface area contributed by atoms with E-state index in [1.165, 1.54) is 23.1 Å². The van der Waals surface area contributed by atoms with Gasteiger partial charge in [0, 0.05) is 7.05 Å². The van der Waals surface area contributed by atoms with Gasteiger partial charge in [-0.05, 0) is 12.1 Å². The number of anilines is 1. The second-order valence-electron chi connectivity index (χ2n) is 4.12. The van der Waals surface area contributed by atoms with Crippen molar-refractivity contribution >= 4 is 28.2 Å². The molecule has 3 rings (SSSR count). The van der Waals surface area contributed by atoms with Crippen LogP contribution in [0, 0.1) is 0 Å². The molecule has 0 spiro atoms. The number of nitrogens with zero attached hydrogens (tertiary/aromatic N) is 4. The molecule has 0 aliphatic rings. The van der Waals surface area contributed by atoms with E-state index in [0.717, 1.165) is 15.0 Å². The van der Waals surface area contributed by atoms with Crippen molar-refractivity contribution in [2.45, 2.75) is 10.1 Å². The first-order valence-electron chi connectivity index (χ1n) is 6.40. The van der Waals surface area contributed by atoms with Gasteiger partial charge in [0.15, 0.2) is 4.34 Å². The van der Waals surface area contributed by atoms with Crippen molar-refractivity contribution < 1.29 is 9.26 Å². The zero-order chi connectivity index (χ0) is 15.4. The summed E-state index contributed by atoms with van der Waals surface area (Å²) < 4.78 is 11.4. The first-order valence-corrected chi connectivity index (χ1v) is 8.20. The molecular formula is C13H13N5O2S2. The highest BCUT2D eigenvalue weighted by Crippen LogP contribution is 2.30. The Hall–Kier alpha value is -2.13. The quantitative estimate of drug-likeness (QED) is 0.688. The van der Waals surface area contributed by atoms with Crippen molar-refractivity contribution in [2.75, 3.05) is 19.5 Å². The molecule has 0 bridgehead atoms. The van der Waals surface area contributed by atoms with Gasteiger partial charge in [-0.3, -0.25) is 0 Å². The fourth-order valence-electron chi connectivity index (χ4n) is 1.74. The number of hydrogen-bond acceptors (Lipinski definition) is 9. The maximum absolute atomic E-state index is 5.30. The van der Waals surface area contributed by atoms with Crippen molar-refractivity contribution in [3.05, 3.63) is 30.2 Å². The predicted molar refractivity (Wildman–Crippen MR) is 85.3 cm³/mol. The van der Waals surface area contributed by atoms with Crippen molar-refractivity contribution in [2.24, 2.45) is 0 Å². The molecule has 0 atom stereocenters. The predicted octanol–water partition coefficient (Wildman–Crippen LogP) is 2.93.